The first-order chi connectivity index (χ1) is 21.5. The van der Waals surface area contributed by atoms with E-state index in [1.807, 2.05) is 30.3 Å². The Kier molecular flexibility index (Phi) is 7.21. The molecule has 0 aliphatic heterocycles. The van der Waals surface area contributed by atoms with Crippen molar-refractivity contribution in [1.82, 2.24) is 0 Å². The van der Waals surface area contributed by atoms with Gasteiger partial charge in [-0.1, -0.05) is 103 Å². The van der Waals surface area contributed by atoms with Gasteiger partial charge in [0, 0.05) is 44.3 Å². The highest BCUT2D eigenvalue weighted by molar-refractivity contribution is 7.60. The third-order valence-corrected chi connectivity index (χ3v) is 8.78. The van der Waals surface area contributed by atoms with Crippen LogP contribution in [0.1, 0.15) is 0 Å². The van der Waals surface area contributed by atoms with Gasteiger partial charge in [-0.25, -0.2) is 0 Å². The summed E-state index contributed by atoms with van der Waals surface area (Å²) >= 11 is 0. The monoisotopic (exact) mass is 592 g/mol. The Balaban J connectivity index is 1.58. The molecule has 7 aromatic rings. The third-order valence-electron chi connectivity index (χ3n) is 7.81. The van der Waals surface area contributed by atoms with E-state index >= 15 is 0 Å². The Morgan fingerprint density at radius 1 is 0.364 bits per heavy atom. The van der Waals surface area contributed by atoms with Gasteiger partial charge in [0.25, 0.3) is 0 Å². The number of rotatable bonds is 7. The van der Waals surface area contributed by atoms with Crippen molar-refractivity contribution in [2.45, 2.75) is 0 Å². The molecule has 0 atom stereocenters. The van der Waals surface area contributed by atoms with E-state index in [1.165, 1.54) is 12.1 Å². The van der Waals surface area contributed by atoms with E-state index in [1.54, 1.807) is 12.1 Å². The minimum atomic E-state index is -4.39. The third kappa shape index (κ3) is 5.04. The molecule has 2 N–H and O–H groups in total. The van der Waals surface area contributed by atoms with E-state index in [9.17, 15) is 14.4 Å². The maximum atomic E-state index is 12.0. The summed E-state index contributed by atoms with van der Waals surface area (Å²) < 4.78 is 12.0. The molecule has 7 rings (SSSR count). The van der Waals surface area contributed by atoms with E-state index < -0.39 is 7.60 Å². The number of hydrogen-bond acceptors (Lipinski definition) is 3. The average molecular weight is 593 g/mol. The lowest BCUT2D eigenvalue weighted by Crippen LogP contribution is -2.15. The average Bonchev–Trinajstić information content (AvgIpc) is 3.07. The second-order valence-electron chi connectivity index (χ2n) is 10.5. The summed E-state index contributed by atoms with van der Waals surface area (Å²) in [6, 6.07) is 54.3. The fourth-order valence-corrected chi connectivity index (χ4v) is 6.44. The lowest BCUT2D eigenvalue weighted by molar-refractivity contribution is 0.387. The van der Waals surface area contributed by atoms with Crippen LogP contribution in [0.25, 0.3) is 21.5 Å². The summed E-state index contributed by atoms with van der Waals surface area (Å²) in [5.41, 5.74) is 5.88. The number of anilines is 6. The summed E-state index contributed by atoms with van der Waals surface area (Å²) in [6.07, 6.45) is 0. The number of para-hydroxylation sites is 3. The highest BCUT2D eigenvalue weighted by Crippen LogP contribution is 2.50. The Morgan fingerprint density at radius 2 is 0.636 bits per heavy atom. The Labute approximate surface area is 256 Å². The predicted octanol–water partition coefficient (Wildman–Crippen LogP) is 9.74. The van der Waals surface area contributed by atoms with Crippen LogP contribution >= 0.6 is 7.60 Å². The van der Waals surface area contributed by atoms with Gasteiger partial charge in [0.1, 0.15) is 0 Å². The predicted molar refractivity (Wildman–Crippen MR) is 182 cm³/mol. The Hall–Kier alpha value is -5.19. The molecule has 0 aliphatic rings. The largest absolute Gasteiger partial charge is 0.356 e. The first-order valence-corrected chi connectivity index (χ1v) is 16.0. The molecule has 0 heterocycles. The molecular formula is C38H29N2O3P. The normalized spacial score (nSPS) is 11.5. The van der Waals surface area contributed by atoms with Crippen molar-refractivity contribution in [3.05, 3.63) is 164 Å². The maximum Gasteiger partial charge on any atom is 0.356 e. The summed E-state index contributed by atoms with van der Waals surface area (Å²) in [6.45, 7) is 0. The van der Waals surface area contributed by atoms with Gasteiger partial charge in [-0.05, 0) is 60.7 Å². The molecule has 0 spiro atoms. The molecule has 0 fully saturated rings. The molecule has 0 saturated carbocycles. The van der Waals surface area contributed by atoms with Crippen LogP contribution in [0.5, 0.6) is 0 Å². The van der Waals surface area contributed by atoms with Gasteiger partial charge in [-0.3, -0.25) is 4.57 Å². The molecule has 0 bridgehead atoms. The fourth-order valence-electron chi connectivity index (χ4n) is 5.91. The molecule has 214 valence electrons. The molecular weight excluding hydrogens is 563 g/mol. The van der Waals surface area contributed by atoms with E-state index in [0.717, 1.165) is 55.7 Å². The van der Waals surface area contributed by atoms with Crippen molar-refractivity contribution >= 4 is 68.6 Å². The summed E-state index contributed by atoms with van der Waals surface area (Å²) in [4.78, 5) is 24.1. The van der Waals surface area contributed by atoms with E-state index in [2.05, 4.69) is 119 Å². The maximum absolute atomic E-state index is 12.0. The summed E-state index contributed by atoms with van der Waals surface area (Å²) in [5.74, 6) is 0. The molecule has 0 aromatic heterocycles. The van der Waals surface area contributed by atoms with Gasteiger partial charge in [0.05, 0.1) is 16.7 Å². The van der Waals surface area contributed by atoms with Crippen molar-refractivity contribution in [2.75, 3.05) is 9.80 Å². The minimum Gasteiger partial charge on any atom is -0.321 e. The van der Waals surface area contributed by atoms with E-state index in [-0.39, 0.29) is 5.30 Å². The van der Waals surface area contributed by atoms with E-state index in [4.69, 9.17) is 0 Å². The zero-order valence-electron chi connectivity index (χ0n) is 23.7. The van der Waals surface area contributed by atoms with Crippen LogP contribution in [-0.4, -0.2) is 9.79 Å². The molecule has 0 radical (unpaired) electrons. The van der Waals surface area contributed by atoms with Crippen molar-refractivity contribution < 1.29 is 14.4 Å². The SMILES string of the molecule is O=P(O)(O)c1ccc(N(c2ccccc2)c2c3ccccc3c(N(c3ccccc3)c3ccccc3)c3ccccc23)cc1. The first-order valence-electron chi connectivity index (χ1n) is 14.4. The molecule has 44 heavy (non-hydrogen) atoms. The van der Waals surface area contributed by atoms with Crippen molar-refractivity contribution in [3.8, 4) is 0 Å². The number of nitrogens with zero attached hydrogens (tertiary/aromatic N) is 2. The molecule has 7 aromatic carbocycles. The topological polar surface area (TPSA) is 64.0 Å². The van der Waals surface area contributed by atoms with Crippen LogP contribution in [-0.2, 0) is 4.57 Å². The quantitative estimate of drug-likeness (QED) is 0.110. The lowest BCUT2D eigenvalue weighted by Gasteiger charge is -2.32. The number of hydrogen-bond donors (Lipinski definition) is 2. The number of benzene rings is 7. The van der Waals surface area contributed by atoms with Gasteiger partial charge >= 0.3 is 7.60 Å². The van der Waals surface area contributed by atoms with Gasteiger partial charge in [0.15, 0.2) is 0 Å². The molecule has 0 unspecified atom stereocenters. The zero-order chi connectivity index (χ0) is 30.1. The highest BCUT2D eigenvalue weighted by atomic mass is 31.2. The molecule has 0 saturated heterocycles. The second kappa shape index (κ2) is 11.5. The summed E-state index contributed by atoms with van der Waals surface area (Å²) in [5, 5.41) is 4.21. The van der Waals surface area contributed by atoms with E-state index in [0.29, 0.717) is 0 Å². The van der Waals surface area contributed by atoms with Crippen molar-refractivity contribution in [1.29, 1.82) is 0 Å². The van der Waals surface area contributed by atoms with Crippen molar-refractivity contribution in [2.24, 2.45) is 0 Å². The molecule has 6 heteroatoms. The van der Waals surface area contributed by atoms with Crippen molar-refractivity contribution in [3.63, 3.8) is 0 Å². The minimum absolute atomic E-state index is 0.0133. The Bertz CT molecular complexity index is 2020. The lowest BCUT2D eigenvalue weighted by atomic mass is 9.95. The Morgan fingerprint density at radius 3 is 0.932 bits per heavy atom. The summed E-state index contributed by atoms with van der Waals surface area (Å²) in [7, 11) is -4.39. The standard InChI is InChI=1S/C38H29N2O3P/c41-44(42,43)32-26-24-31(25-27-32)40(30-18-8-3-9-19-30)38-35-22-12-10-20-33(35)37(34-21-11-13-23-36(34)38)39(28-14-4-1-5-15-28)29-16-6-2-7-17-29/h1-27H,(H2,41,42,43). The van der Waals surface area contributed by atoms with Crippen LogP contribution in [0.3, 0.4) is 0 Å². The van der Waals surface area contributed by atoms with Crippen LogP contribution in [0, 0.1) is 0 Å². The molecule has 5 nitrogen and oxygen atoms in total. The number of fused-ring (bicyclic) bond motifs is 2. The van der Waals surface area contributed by atoms with Gasteiger partial charge in [-0.15, -0.1) is 0 Å². The zero-order valence-corrected chi connectivity index (χ0v) is 24.6. The molecule has 0 aliphatic carbocycles. The first kappa shape index (κ1) is 27.6. The highest BCUT2D eigenvalue weighted by Gasteiger charge is 2.25. The van der Waals surface area contributed by atoms with Gasteiger partial charge < -0.3 is 19.6 Å². The second-order valence-corrected chi connectivity index (χ2v) is 12.1. The molecule has 0 amide bonds. The van der Waals surface area contributed by atoms with Crippen LogP contribution < -0.4 is 15.1 Å². The fraction of sp³-hybridized carbons (Fsp3) is 0. The van der Waals surface area contributed by atoms with Crippen LogP contribution in [0.4, 0.5) is 34.1 Å². The smallest absolute Gasteiger partial charge is 0.321 e. The van der Waals surface area contributed by atoms with Crippen LogP contribution in [0.15, 0.2) is 164 Å². The van der Waals surface area contributed by atoms with Gasteiger partial charge in [-0.2, -0.15) is 0 Å². The van der Waals surface area contributed by atoms with Crippen LogP contribution in [0.2, 0.25) is 0 Å². The van der Waals surface area contributed by atoms with Gasteiger partial charge in [0.2, 0.25) is 0 Å².